The number of aliphatic hydroxyl groups is 2. The normalized spacial score (nSPS) is 9.25. The third kappa shape index (κ3) is 37.1. The monoisotopic (exact) mass is 348 g/mol. The third-order valence-electron chi connectivity index (χ3n) is 3.13. The second kappa shape index (κ2) is 26.5. The zero-order valence-corrected chi connectivity index (χ0v) is 14.9. The second-order valence-corrected chi connectivity index (χ2v) is 5.27. The van der Waals surface area contributed by atoms with Gasteiger partial charge in [0.15, 0.2) is 0 Å². The van der Waals surface area contributed by atoms with Crippen LogP contribution in [-0.2, 0) is 9.59 Å². The van der Waals surface area contributed by atoms with E-state index < -0.39 is 11.9 Å². The highest BCUT2D eigenvalue weighted by molar-refractivity contribution is 5.66. The third-order valence-corrected chi connectivity index (χ3v) is 3.13. The molecular formula is C18H36O6. The molecule has 0 radical (unpaired) electrons. The molecule has 144 valence electrons. The molecule has 0 aliphatic rings. The van der Waals surface area contributed by atoms with Crippen molar-refractivity contribution in [1.29, 1.82) is 0 Å². The molecule has 0 bridgehead atoms. The van der Waals surface area contributed by atoms with Gasteiger partial charge in [-0.3, -0.25) is 9.59 Å². The number of carboxylic acid groups (broad SMARTS) is 2. The Balaban J connectivity index is -0.000000636. The van der Waals surface area contributed by atoms with Gasteiger partial charge in [0.05, 0.1) is 13.2 Å². The van der Waals surface area contributed by atoms with E-state index in [-0.39, 0.29) is 13.2 Å². The molecule has 0 rings (SSSR count). The summed E-state index contributed by atoms with van der Waals surface area (Å²) in [7, 11) is 0. The van der Waals surface area contributed by atoms with E-state index in [0.29, 0.717) is 12.8 Å². The SMILES string of the molecule is C=C.O=C(O)CCCCCCCCCCCCC(=O)O.OCCO. The first-order chi connectivity index (χ1) is 11.5. The maximum Gasteiger partial charge on any atom is 0.303 e. The lowest BCUT2D eigenvalue weighted by molar-refractivity contribution is -0.138. The van der Waals surface area contributed by atoms with Gasteiger partial charge >= 0.3 is 11.9 Å². The second-order valence-electron chi connectivity index (χ2n) is 5.27. The summed E-state index contributed by atoms with van der Waals surface area (Å²) in [5.41, 5.74) is 0. The molecule has 0 aromatic rings. The Hall–Kier alpha value is -1.40. The highest BCUT2D eigenvalue weighted by atomic mass is 16.4. The van der Waals surface area contributed by atoms with E-state index in [2.05, 4.69) is 13.2 Å². The molecule has 0 aliphatic carbocycles. The van der Waals surface area contributed by atoms with Crippen molar-refractivity contribution >= 4 is 11.9 Å². The molecule has 6 heteroatoms. The van der Waals surface area contributed by atoms with Crippen molar-refractivity contribution in [3.63, 3.8) is 0 Å². The maximum absolute atomic E-state index is 10.3. The van der Waals surface area contributed by atoms with Crippen molar-refractivity contribution in [1.82, 2.24) is 0 Å². The van der Waals surface area contributed by atoms with Crippen LogP contribution in [0.3, 0.4) is 0 Å². The highest BCUT2D eigenvalue weighted by Crippen LogP contribution is 2.11. The van der Waals surface area contributed by atoms with Gasteiger partial charge in [-0.15, -0.1) is 13.2 Å². The summed E-state index contributed by atoms with van der Waals surface area (Å²) in [6.07, 6.45) is 11.3. The van der Waals surface area contributed by atoms with Crippen molar-refractivity contribution in [2.45, 2.75) is 77.0 Å². The summed E-state index contributed by atoms with van der Waals surface area (Å²) in [4.78, 5) is 20.5. The van der Waals surface area contributed by atoms with Crippen LogP contribution in [0.5, 0.6) is 0 Å². The number of unbranched alkanes of at least 4 members (excludes halogenated alkanes) is 9. The van der Waals surface area contributed by atoms with Gasteiger partial charge in [0.25, 0.3) is 0 Å². The smallest absolute Gasteiger partial charge is 0.303 e. The number of aliphatic hydroxyl groups excluding tert-OH is 2. The van der Waals surface area contributed by atoms with Gasteiger partial charge in [0.1, 0.15) is 0 Å². The van der Waals surface area contributed by atoms with Crippen LogP contribution in [-0.4, -0.2) is 45.6 Å². The molecule has 0 aliphatic heterocycles. The lowest BCUT2D eigenvalue weighted by Gasteiger charge is -2.01. The van der Waals surface area contributed by atoms with Crippen molar-refractivity contribution < 1.29 is 30.0 Å². The number of hydrogen-bond donors (Lipinski definition) is 4. The maximum atomic E-state index is 10.3. The summed E-state index contributed by atoms with van der Waals surface area (Å²) in [5.74, 6) is -1.40. The van der Waals surface area contributed by atoms with E-state index in [9.17, 15) is 9.59 Å². The van der Waals surface area contributed by atoms with Crippen LogP contribution >= 0.6 is 0 Å². The molecule has 6 nitrogen and oxygen atoms in total. The zero-order chi connectivity index (χ0) is 19.1. The summed E-state index contributed by atoms with van der Waals surface area (Å²) < 4.78 is 0. The number of carbonyl (C=O) groups is 2. The quantitative estimate of drug-likeness (QED) is 0.281. The van der Waals surface area contributed by atoms with E-state index in [4.69, 9.17) is 20.4 Å². The molecule has 24 heavy (non-hydrogen) atoms. The van der Waals surface area contributed by atoms with Crippen LogP contribution in [0.1, 0.15) is 77.0 Å². The van der Waals surface area contributed by atoms with E-state index >= 15 is 0 Å². The Morgan fingerprint density at radius 3 is 0.917 bits per heavy atom. The molecule has 0 fully saturated rings. The average Bonchev–Trinajstić information content (AvgIpc) is 2.57. The molecule has 0 unspecified atom stereocenters. The van der Waals surface area contributed by atoms with Crippen molar-refractivity contribution in [2.75, 3.05) is 13.2 Å². The summed E-state index contributed by atoms with van der Waals surface area (Å²) in [5, 5.41) is 32.2. The van der Waals surface area contributed by atoms with Gasteiger partial charge in [-0.05, 0) is 12.8 Å². The van der Waals surface area contributed by atoms with Crippen LogP contribution in [0.25, 0.3) is 0 Å². The Kier molecular flexibility index (Phi) is 30.3. The molecular weight excluding hydrogens is 312 g/mol. The van der Waals surface area contributed by atoms with Crippen molar-refractivity contribution in [3.05, 3.63) is 13.2 Å². The summed E-state index contributed by atoms with van der Waals surface area (Å²) in [6, 6.07) is 0. The van der Waals surface area contributed by atoms with Crippen LogP contribution in [0.15, 0.2) is 13.2 Å². The minimum absolute atomic E-state index is 0.125. The van der Waals surface area contributed by atoms with Crippen molar-refractivity contribution in [3.8, 4) is 0 Å². The summed E-state index contributed by atoms with van der Waals surface area (Å²) in [6.45, 7) is 5.75. The first kappa shape index (κ1) is 27.4. The topological polar surface area (TPSA) is 115 Å². The fourth-order valence-corrected chi connectivity index (χ4v) is 1.97. The Labute approximate surface area is 146 Å². The predicted molar refractivity (Wildman–Crippen MR) is 96.1 cm³/mol. The Morgan fingerprint density at radius 1 is 0.542 bits per heavy atom. The van der Waals surface area contributed by atoms with E-state index in [1.165, 1.54) is 25.7 Å². The Morgan fingerprint density at radius 2 is 0.750 bits per heavy atom. The van der Waals surface area contributed by atoms with E-state index in [0.717, 1.165) is 38.5 Å². The number of carboxylic acids is 2. The van der Waals surface area contributed by atoms with Gasteiger partial charge in [0.2, 0.25) is 0 Å². The fourth-order valence-electron chi connectivity index (χ4n) is 1.97. The Bertz CT molecular complexity index is 242. The van der Waals surface area contributed by atoms with E-state index in [1.54, 1.807) is 0 Å². The molecule has 0 heterocycles. The summed E-state index contributed by atoms with van der Waals surface area (Å²) >= 11 is 0. The van der Waals surface area contributed by atoms with Crippen LogP contribution in [0.2, 0.25) is 0 Å². The minimum Gasteiger partial charge on any atom is -0.481 e. The predicted octanol–water partition coefficient (Wildman–Crippen LogP) is 3.61. The zero-order valence-electron chi connectivity index (χ0n) is 14.9. The van der Waals surface area contributed by atoms with Crippen molar-refractivity contribution in [2.24, 2.45) is 0 Å². The minimum atomic E-state index is -0.698. The fraction of sp³-hybridized carbons (Fsp3) is 0.778. The molecule has 0 amide bonds. The molecule has 4 N–H and O–H groups in total. The van der Waals surface area contributed by atoms with Gasteiger partial charge < -0.3 is 20.4 Å². The molecule has 0 saturated carbocycles. The standard InChI is InChI=1S/C14H26O4.C2H6O2.C2H4/c15-13(16)11-9-7-5-3-1-2-4-6-8-10-12-14(17)18;3-1-2-4;1-2/h1-12H2,(H,15,16)(H,17,18);3-4H,1-2H2;1-2H2. The lowest BCUT2D eigenvalue weighted by Crippen LogP contribution is -1.93. The number of rotatable bonds is 14. The van der Waals surface area contributed by atoms with Crippen LogP contribution < -0.4 is 0 Å². The van der Waals surface area contributed by atoms with Crippen LogP contribution in [0, 0.1) is 0 Å². The number of aliphatic carboxylic acids is 2. The van der Waals surface area contributed by atoms with Gasteiger partial charge in [0, 0.05) is 12.8 Å². The first-order valence-corrected chi connectivity index (χ1v) is 8.70. The number of hydrogen-bond acceptors (Lipinski definition) is 4. The van der Waals surface area contributed by atoms with Gasteiger partial charge in [-0.1, -0.05) is 51.4 Å². The largest absolute Gasteiger partial charge is 0.481 e. The molecule has 0 saturated heterocycles. The first-order valence-electron chi connectivity index (χ1n) is 8.70. The van der Waals surface area contributed by atoms with Gasteiger partial charge in [-0.25, -0.2) is 0 Å². The highest BCUT2D eigenvalue weighted by Gasteiger charge is 1.98. The lowest BCUT2D eigenvalue weighted by atomic mass is 10.1. The van der Waals surface area contributed by atoms with Crippen LogP contribution in [0.4, 0.5) is 0 Å². The molecule has 0 atom stereocenters. The molecule has 0 aromatic heterocycles. The van der Waals surface area contributed by atoms with Gasteiger partial charge in [-0.2, -0.15) is 0 Å². The molecule has 0 spiro atoms. The molecule has 0 aromatic carbocycles. The van der Waals surface area contributed by atoms with E-state index in [1.807, 2.05) is 0 Å². The average molecular weight is 348 g/mol.